The summed E-state index contributed by atoms with van der Waals surface area (Å²) in [6, 6.07) is 5.98. The number of aryl methyl sites for hydroxylation is 1. The number of nitrogens with zero attached hydrogens (tertiary/aromatic N) is 1. The summed E-state index contributed by atoms with van der Waals surface area (Å²) in [5.41, 5.74) is 7.88. The number of halogens is 1. The van der Waals surface area contributed by atoms with Crippen LogP contribution in [-0.4, -0.2) is 24.5 Å². The Hall–Kier alpha value is -0.930. The fraction of sp³-hybridized carbons (Fsp3) is 0.538. The van der Waals surface area contributed by atoms with Crippen molar-refractivity contribution in [2.45, 2.75) is 31.8 Å². The molecule has 1 aliphatic heterocycles. The molecule has 0 amide bonds. The Bertz CT molecular complexity index is 378. The van der Waals surface area contributed by atoms with E-state index < -0.39 is 0 Å². The Labute approximate surface area is 96.2 Å². The highest BCUT2D eigenvalue weighted by Gasteiger charge is 2.25. The Kier molecular flexibility index (Phi) is 3.26. The summed E-state index contributed by atoms with van der Waals surface area (Å²) in [4.78, 5) is 2.30. The molecule has 0 saturated carbocycles. The van der Waals surface area contributed by atoms with E-state index in [1.807, 2.05) is 19.1 Å². The highest BCUT2D eigenvalue weighted by Crippen LogP contribution is 2.29. The maximum atomic E-state index is 13.2. The summed E-state index contributed by atoms with van der Waals surface area (Å²) in [6.45, 7) is 2.82. The second kappa shape index (κ2) is 4.52. The van der Waals surface area contributed by atoms with Crippen molar-refractivity contribution in [1.29, 1.82) is 0 Å². The first-order chi connectivity index (χ1) is 7.58. The first-order valence-corrected chi connectivity index (χ1v) is 5.80. The fourth-order valence-corrected chi connectivity index (χ4v) is 2.38. The minimum atomic E-state index is -0.133. The molecule has 0 spiro atoms. The van der Waals surface area contributed by atoms with Gasteiger partial charge in [0.05, 0.1) is 0 Å². The molecule has 1 aromatic carbocycles. The van der Waals surface area contributed by atoms with E-state index in [0.29, 0.717) is 11.6 Å². The first-order valence-electron chi connectivity index (χ1n) is 5.80. The maximum Gasteiger partial charge on any atom is 0.126 e. The van der Waals surface area contributed by atoms with Crippen molar-refractivity contribution in [3.05, 3.63) is 35.1 Å². The number of piperidine rings is 1. The molecule has 2 N–H and O–H groups in total. The Morgan fingerprint density at radius 2 is 2.19 bits per heavy atom. The number of rotatable bonds is 1. The summed E-state index contributed by atoms with van der Waals surface area (Å²) in [5.74, 6) is -0.133. The lowest BCUT2D eigenvalue weighted by atomic mass is 9.92. The molecule has 1 fully saturated rings. The van der Waals surface area contributed by atoms with Crippen LogP contribution in [0.25, 0.3) is 0 Å². The molecule has 0 bridgehead atoms. The second-order valence-corrected chi connectivity index (χ2v) is 4.79. The van der Waals surface area contributed by atoms with E-state index in [9.17, 15) is 4.39 Å². The fourth-order valence-electron chi connectivity index (χ4n) is 2.38. The van der Waals surface area contributed by atoms with Crippen molar-refractivity contribution in [3.63, 3.8) is 0 Å². The average molecular weight is 222 g/mol. The summed E-state index contributed by atoms with van der Waals surface area (Å²) >= 11 is 0. The van der Waals surface area contributed by atoms with Gasteiger partial charge in [0.15, 0.2) is 0 Å². The highest BCUT2D eigenvalue weighted by atomic mass is 19.1. The molecule has 2 rings (SSSR count). The van der Waals surface area contributed by atoms with E-state index in [1.165, 1.54) is 5.56 Å². The summed E-state index contributed by atoms with van der Waals surface area (Å²) in [6.07, 6.45) is 2.01. The molecule has 1 aromatic rings. The van der Waals surface area contributed by atoms with Crippen molar-refractivity contribution < 1.29 is 4.39 Å². The van der Waals surface area contributed by atoms with Crippen LogP contribution in [0.3, 0.4) is 0 Å². The van der Waals surface area contributed by atoms with Gasteiger partial charge in [-0.3, -0.25) is 4.90 Å². The van der Waals surface area contributed by atoms with Crippen LogP contribution >= 0.6 is 0 Å². The molecule has 1 aliphatic rings. The lowest BCUT2D eigenvalue weighted by Gasteiger charge is -2.36. The van der Waals surface area contributed by atoms with Crippen molar-refractivity contribution >= 4 is 0 Å². The smallest absolute Gasteiger partial charge is 0.126 e. The number of likely N-dealkylation sites (tertiary alicyclic amines) is 1. The Balaban J connectivity index is 2.24. The van der Waals surface area contributed by atoms with Gasteiger partial charge in [0.25, 0.3) is 0 Å². The topological polar surface area (TPSA) is 29.3 Å². The normalized spacial score (nSPS) is 27.0. The molecule has 0 aliphatic carbocycles. The van der Waals surface area contributed by atoms with Crippen LogP contribution < -0.4 is 5.73 Å². The van der Waals surface area contributed by atoms with Crippen LogP contribution in [0.15, 0.2) is 18.2 Å². The van der Waals surface area contributed by atoms with Gasteiger partial charge in [-0.05, 0) is 50.6 Å². The zero-order chi connectivity index (χ0) is 11.7. The van der Waals surface area contributed by atoms with E-state index in [1.54, 1.807) is 6.07 Å². The standard InChI is InChI=1S/C13H19FN2/c1-9-7-10(3-4-12(9)14)13-8-11(15)5-6-16(13)2/h3-4,7,11,13H,5-6,8,15H2,1-2H3. The van der Waals surface area contributed by atoms with Crippen molar-refractivity contribution in [2.24, 2.45) is 5.73 Å². The third kappa shape index (κ3) is 2.25. The van der Waals surface area contributed by atoms with Gasteiger partial charge in [-0.15, -0.1) is 0 Å². The highest BCUT2D eigenvalue weighted by molar-refractivity contribution is 5.27. The van der Waals surface area contributed by atoms with Gasteiger partial charge < -0.3 is 5.73 Å². The molecule has 1 saturated heterocycles. The van der Waals surface area contributed by atoms with E-state index in [2.05, 4.69) is 11.9 Å². The van der Waals surface area contributed by atoms with E-state index >= 15 is 0 Å². The molecule has 0 radical (unpaired) electrons. The van der Waals surface area contributed by atoms with Crippen LogP contribution in [-0.2, 0) is 0 Å². The van der Waals surface area contributed by atoms with Crippen LogP contribution in [0.1, 0.15) is 30.0 Å². The quantitative estimate of drug-likeness (QED) is 0.789. The third-order valence-electron chi connectivity index (χ3n) is 3.48. The Morgan fingerprint density at radius 1 is 1.44 bits per heavy atom. The zero-order valence-electron chi connectivity index (χ0n) is 9.91. The van der Waals surface area contributed by atoms with Gasteiger partial charge in [0.1, 0.15) is 5.82 Å². The predicted octanol–water partition coefficient (Wildman–Crippen LogP) is 2.23. The molecular formula is C13H19FN2. The molecule has 2 nitrogen and oxygen atoms in total. The largest absolute Gasteiger partial charge is 0.328 e. The predicted molar refractivity (Wildman–Crippen MR) is 63.7 cm³/mol. The minimum Gasteiger partial charge on any atom is -0.328 e. The van der Waals surface area contributed by atoms with Crippen molar-refractivity contribution in [3.8, 4) is 0 Å². The summed E-state index contributed by atoms with van der Waals surface area (Å²) < 4.78 is 13.2. The van der Waals surface area contributed by atoms with Gasteiger partial charge in [0.2, 0.25) is 0 Å². The zero-order valence-corrected chi connectivity index (χ0v) is 9.91. The first kappa shape index (κ1) is 11.6. The van der Waals surface area contributed by atoms with E-state index in [0.717, 1.165) is 19.4 Å². The lowest BCUT2D eigenvalue weighted by molar-refractivity contribution is 0.171. The minimum absolute atomic E-state index is 0.133. The SMILES string of the molecule is Cc1cc(C2CC(N)CCN2C)ccc1F. The molecule has 88 valence electrons. The van der Waals surface area contributed by atoms with Gasteiger partial charge in [0, 0.05) is 12.1 Å². The molecule has 16 heavy (non-hydrogen) atoms. The lowest BCUT2D eigenvalue weighted by Crippen LogP contribution is -2.39. The van der Waals surface area contributed by atoms with Crippen LogP contribution in [0.4, 0.5) is 4.39 Å². The van der Waals surface area contributed by atoms with Crippen molar-refractivity contribution in [1.82, 2.24) is 4.90 Å². The second-order valence-electron chi connectivity index (χ2n) is 4.79. The molecule has 1 heterocycles. The molecule has 0 aromatic heterocycles. The number of hydrogen-bond acceptors (Lipinski definition) is 2. The van der Waals surface area contributed by atoms with Gasteiger partial charge in [-0.1, -0.05) is 12.1 Å². The van der Waals surface area contributed by atoms with E-state index in [4.69, 9.17) is 5.73 Å². The van der Waals surface area contributed by atoms with Crippen LogP contribution in [0.5, 0.6) is 0 Å². The summed E-state index contributed by atoms with van der Waals surface area (Å²) in [7, 11) is 2.11. The van der Waals surface area contributed by atoms with Gasteiger partial charge in [-0.25, -0.2) is 4.39 Å². The monoisotopic (exact) mass is 222 g/mol. The van der Waals surface area contributed by atoms with Gasteiger partial charge in [-0.2, -0.15) is 0 Å². The van der Waals surface area contributed by atoms with Gasteiger partial charge >= 0.3 is 0 Å². The maximum absolute atomic E-state index is 13.2. The summed E-state index contributed by atoms with van der Waals surface area (Å²) in [5, 5.41) is 0. The number of hydrogen-bond donors (Lipinski definition) is 1. The molecule has 2 unspecified atom stereocenters. The molecule has 2 atom stereocenters. The molecular weight excluding hydrogens is 203 g/mol. The molecule has 3 heteroatoms. The van der Waals surface area contributed by atoms with Crippen LogP contribution in [0.2, 0.25) is 0 Å². The Morgan fingerprint density at radius 3 is 2.88 bits per heavy atom. The number of nitrogens with two attached hydrogens (primary N) is 1. The average Bonchev–Trinajstić information content (AvgIpc) is 2.26. The van der Waals surface area contributed by atoms with Crippen LogP contribution in [0, 0.1) is 12.7 Å². The van der Waals surface area contributed by atoms with E-state index in [-0.39, 0.29) is 11.9 Å². The third-order valence-corrected chi connectivity index (χ3v) is 3.48. The van der Waals surface area contributed by atoms with Crippen molar-refractivity contribution in [2.75, 3.05) is 13.6 Å². The number of benzene rings is 1.